The summed E-state index contributed by atoms with van der Waals surface area (Å²) in [5, 5.41) is 3.31. The minimum absolute atomic E-state index is 0.170. The highest BCUT2D eigenvalue weighted by atomic mass is 15.2. The van der Waals surface area contributed by atoms with Gasteiger partial charge >= 0.3 is 0 Å². The van der Waals surface area contributed by atoms with E-state index in [0.29, 0.717) is 6.04 Å². The molecule has 2 nitrogen and oxygen atoms in total. The summed E-state index contributed by atoms with van der Waals surface area (Å²) in [6.45, 7) is 8.23. The molecule has 0 bridgehead atoms. The van der Waals surface area contributed by atoms with Gasteiger partial charge in [0.15, 0.2) is 0 Å². The average molecular weight is 170 g/mol. The van der Waals surface area contributed by atoms with Crippen molar-refractivity contribution in [1.82, 2.24) is 10.2 Å². The van der Waals surface area contributed by atoms with E-state index in [2.05, 4.69) is 44.7 Å². The smallest absolute Gasteiger partial charge is 0.0303 e. The first kappa shape index (κ1) is 11.7. The van der Waals surface area contributed by atoms with Crippen LogP contribution in [0.15, 0.2) is 12.7 Å². The Morgan fingerprint density at radius 3 is 2.25 bits per heavy atom. The fraction of sp³-hybridized carbons (Fsp3) is 0.800. The van der Waals surface area contributed by atoms with Crippen LogP contribution >= 0.6 is 0 Å². The Morgan fingerprint density at radius 2 is 2.00 bits per heavy atom. The van der Waals surface area contributed by atoms with Crippen LogP contribution in [0.25, 0.3) is 0 Å². The monoisotopic (exact) mass is 170 g/mol. The summed E-state index contributed by atoms with van der Waals surface area (Å²) in [6, 6.07) is 0.463. The number of hydrogen-bond donors (Lipinski definition) is 1. The SMILES string of the molecule is C=CCC(NC)C(C)(C)N(C)C. The average Bonchev–Trinajstić information content (AvgIpc) is 1.99. The number of nitrogens with zero attached hydrogens (tertiary/aromatic N) is 1. The Labute approximate surface area is 76.6 Å². The van der Waals surface area contributed by atoms with Gasteiger partial charge in [0.1, 0.15) is 0 Å². The number of likely N-dealkylation sites (N-methyl/N-ethyl adjacent to an activating group) is 2. The van der Waals surface area contributed by atoms with Gasteiger partial charge in [-0.05, 0) is 41.4 Å². The van der Waals surface area contributed by atoms with Gasteiger partial charge < -0.3 is 10.2 Å². The van der Waals surface area contributed by atoms with Crippen LogP contribution in [0.1, 0.15) is 20.3 Å². The third kappa shape index (κ3) is 2.61. The van der Waals surface area contributed by atoms with Crippen LogP contribution in [0.3, 0.4) is 0 Å². The van der Waals surface area contributed by atoms with E-state index in [1.807, 2.05) is 13.1 Å². The molecule has 0 fully saturated rings. The van der Waals surface area contributed by atoms with E-state index in [1.165, 1.54) is 0 Å². The Kier molecular flexibility index (Phi) is 4.50. The van der Waals surface area contributed by atoms with Gasteiger partial charge in [-0.15, -0.1) is 6.58 Å². The molecule has 0 aromatic rings. The van der Waals surface area contributed by atoms with Crippen molar-refractivity contribution in [3.05, 3.63) is 12.7 Å². The van der Waals surface area contributed by atoms with Crippen molar-refractivity contribution in [2.75, 3.05) is 21.1 Å². The van der Waals surface area contributed by atoms with Gasteiger partial charge in [0, 0.05) is 11.6 Å². The van der Waals surface area contributed by atoms with E-state index in [9.17, 15) is 0 Å². The number of nitrogens with one attached hydrogen (secondary N) is 1. The number of rotatable bonds is 5. The maximum atomic E-state index is 3.76. The topological polar surface area (TPSA) is 15.3 Å². The summed E-state index contributed by atoms with van der Waals surface area (Å²) >= 11 is 0. The molecular weight excluding hydrogens is 148 g/mol. The third-order valence-electron chi connectivity index (χ3n) is 2.76. The maximum absolute atomic E-state index is 3.76. The fourth-order valence-corrected chi connectivity index (χ4v) is 1.24. The lowest BCUT2D eigenvalue weighted by atomic mass is 9.91. The second kappa shape index (κ2) is 4.63. The summed E-state index contributed by atoms with van der Waals surface area (Å²) in [4.78, 5) is 2.23. The molecule has 0 aromatic carbocycles. The fourth-order valence-electron chi connectivity index (χ4n) is 1.24. The summed E-state index contributed by atoms with van der Waals surface area (Å²) < 4.78 is 0. The molecule has 0 aliphatic rings. The lowest BCUT2D eigenvalue weighted by Gasteiger charge is -2.39. The van der Waals surface area contributed by atoms with Crippen molar-refractivity contribution in [3.63, 3.8) is 0 Å². The summed E-state index contributed by atoms with van der Waals surface area (Å²) in [5.41, 5.74) is 0.170. The minimum Gasteiger partial charge on any atom is -0.315 e. The van der Waals surface area contributed by atoms with Crippen molar-refractivity contribution >= 4 is 0 Å². The van der Waals surface area contributed by atoms with E-state index < -0.39 is 0 Å². The van der Waals surface area contributed by atoms with Crippen LogP contribution in [-0.2, 0) is 0 Å². The van der Waals surface area contributed by atoms with E-state index in [0.717, 1.165) is 6.42 Å². The molecule has 1 unspecified atom stereocenters. The molecule has 1 atom stereocenters. The molecule has 0 saturated carbocycles. The molecule has 0 aliphatic heterocycles. The van der Waals surface area contributed by atoms with Gasteiger partial charge in [-0.2, -0.15) is 0 Å². The molecular formula is C10H22N2. The Hall–Kier alpha value is -0.340. The third-order valence-corrected chi connectivity index (χ3v) is 2.76. The Balaban J connectivity index is 4.35. The van der Waals surface area contributed by atoms with Gasteiger partial charge in [-0.3, -0.25) is 0 Å². The van der Waals surface area contributed by atoms with Crippen LogP contribution in [-0.4, -0.2) is 37.6 Å². The molecule has 0 aliphatic carbocycles. The van der Waals surface area contributed by atoms with Gasteiger partial charge in [0.2, 0.25) is 0 Å². The minimum atomic E-state index is 0.170. The van der Waals surface area contributed by atoms with Crippen LogP contribution in [0, 0.1) is 0 Å². The largest absolute Gasteiger partial charge is 0.315 e. The second-order valence-electron chi connectivity index (χ2n) is 3.91. The van der Waals surface area contributed by atoms with E-state index in [-0.39, 0.29) is 5.54 Å². The van der Waals surface area contributed by atoms with Gasteiger partial charge in [0.05, 0.1) is 0 Å². The molecule has 0 radical (unpaired) electrons. The van der Waals surface area contributed by atoms with Crippen molar-refractivity contribution in [1.29, 1.82) is 0 Å². The van der Waals surface area contributed by atoms with E-state index in [4.69, 9.17) is 0 Å². The molecule has 0 rings (SSSR count). The van der Waals surface area contributed by atoms with Crippen LogP contribution in [0.2, 0.25) is 0 Å². The highest BCUT2D eigenvalue weighted by Crippen LogP contribution is 2.18. The zero-order valence-electron chi connectivity index (χ0n) is 9.02. The van der Waals surface area contributed by atoms with Crippen molar-refractivity contribution in [2.45, 2.75) is 31.8 Å². The normalized spacial score (nSPS) is 14.8. The molecule has 0 aromatic heterocycles. The zero-order valence-corrected chi connectivity index (χ0v) is 9.02. The summed E-state index contributed by atoms with van der Waals surface area (Å²) in [6.07, 6.45) is 2.97. The highest BCUT2D eigenvalue weighted by molar-refractivity contribution is 4.94. The molecule has 0 heterocycles. The molecule has 72 valence electrons. The van der Waals surface area contributed by atoms with Crippen LogP contribution in [0.4, 0.5) is 0 Å². The Bertz CT molecular complexity index is 139. The van der Waals surface area contributed by atoms with Crippen LogP contribution < -0.4 is 5.32 Å². The summed E-state index contributed by atoms with van der Waals surface area (Å²) in [7, 11) is 6.21. The zero-order chi connectivity index (χ0) is 9.78. The van der Waals surface area contributed by atoms with Crippen molar-refractivity contribution in [2.24, 2.45) is 0 Å². The van der Waals surface area contributed by atoms with Crippen molar-refractivity contribution < 1.29 is 0 Å². The first-order valence-electron chi connectivity index (χ1n) is 4.42. The molecule has 0 saturated heterocycles. The van der Waals surface area contributed by atoms with Gasteiger partial charge in [0.25, 0.3) is 0 Å². The lowest BCUT2D eigenvalue weighted by molar-refractivity contribution is 0.143. The second-order valence-corrected chi connectivity index (χ2v) is 3.91. The van der Waals surface area contributed by atoms with Crippen molar-refractivity contribution in [3.8, 4) is 0 Å². The van der Waals surface area contributed by atoms with Crippen LogP contribution in [0.5, 0.6) is 0 Å². The lowest BCUT2D eigenvalue weighted by Crippen LogP contribution is -2.53. The molecule has 1 N–H and O–H groups in total. The first-order valence-corrected chi connectivity index (χ1v) is 4.42. The Morgan fingerprint density at radius 1 is 1.50 bits per heavy atom. The molecule has 0 amide bonds. The standard InChI is InChI=1S/C10H22N2/c1-7-8-9(11-4)10(2,3)12(5)6/h7,9,11H,1,8H2,2-6H3. The molecule has 0 spiro atoms. The van der Waals surface area contributed by atoms with E-state index >= 15 is 0 Å². The maximum Gasteiger partial charge on any atom is 0.0303 e. The van der Waals surface area contributed by atoms with E-state index in [1.54, 1.807) is 0 Å². The van der Waals surface area contributed by atoms with Gasteiger partial charge in [-0.1, -0.05) is 6.08 Å². The highest BCUT2D eigenvalue weighted by Gasteiger charge is 2.28. The van der Waals surface area contributed by atoms with Gasteiger partial charge in [-0.25, -0.2) is 0 Å². The molecule has 2 heteroatoms. The number of hydrogen-bond acceptors (Lipinski definition) is 2. The summed E-state index contributed by atoms with van der Waals surface area (Å²) in [5.74, 6) is 0. The predicted octanol–water partition coefficient (Wildman–Crippen LogP) is 1.49. The predicted molar refractivity (Wildman–Crippen MR) is 55.4 cm³/mol. The quantitative estimate of drug-likeness (QED) is 0.629. The first-order chi connectivity index (χ1) is 5.46. The molecule has 12 heavy (non-hydrogen) atoms.